The molecule has 2 aliphatic rings. The van der Waals surface area contributed by atoms with Gasteiger partial charge in [0.25, 0.3) is 0 Å². The molecule has 5 heteroatoms. The Morgan fingerprint density at radius 3 is 2.63 bits per heavy atom. The predicted molar refractivity (Wildman–Crippen MR) is 104 cm³/mol. The lowest BCUT2D eigenvalue weighted by atomic mass is 9.82. The summed E-state index contributed by atoms with van der Waals surface area (Å²) in [6.45, 7) is 5.69. The molecule has 1 spiro atoms. The summed E-state index contributed by atoms with van der Waals surface area (Å²) < 4.78 is 2.00. The summed E-state index contributed by atoms with van der Waals surface area (Å²) in [5.41, 5.74) is 3.00. The third-order valence-electron chi connectivity index (χ3n) is 6.13. The molecule has 0 bridgehead atoms. The zero-order chi connectivity index (χ0) is 18.9. The van der Waals surface area contributed by atoms with Gasteiger partial charge in [-0.05, 0) is 43.4 Å². The van der Waals surface area contributed by atoms with Gasteiger partial charge in [0, 0.05) is 37.9 Å². The Labute approximate surface area is 160 Å². The van der Waals surface area contributed by atoms with Crippen molar-refractivity contribution in [1.29, 1.82) is 5.26 Å². The van der Waals surface area contributed by atoms with Crippen molar-refractivity contribution in [3.63, 3.8) is 0 Å². The first-order chi connectivity index (χ1) is 13.1. The number of hydrogen-bond donors (Lipinski definition) is 1. The van der Waals surface area contributed by atoms with Crippen molar-refractivity contribution in [2.75, 3.05) is 13.1 Å². The van der Waals surface area contributed by atoms with Crippen LogP contribution in [-0.4, -0.2) is 34.0 Å². The molecular weight excluding hydrogens is 336 g/mol. The predicted octanol–water partition coefficient (Wildman–Crippen LogP) is 3.02. The van der Waals surface area contributed by atoms with E-state index >= 15 is 0 Å². The highest BCUT2D eigenvalue weighted by molar-refractivity contribution is 5.87. The second kappa shape index (κ2) is 7.21. The number of aromatic nitrogens is 1. The summed E-state index contributed by atoms with van der Waals surface area (Å²) in [6.07, 6.45) is 4.96. The number of nitrogens with zero attached hydrogens (tertiary/aromatic N) is 3. The highest BCUT2D eigenvalue weighted by atomic mass is 16.2. The highest BCUT2D eigenvalue weighted by Crippen LogP contribution is 2.39. The van der Waals surface area contributed by atoms with Gasteiger partial charge in [-0.3, -0.25) is 9.69 Å². The maximum atomic E-state index is 12.6. The van der Waals surface area contributed by atoms with E-state index in [0.717, 1.165) is 56.7 Å². The van der Waals surface area contributed by atoms with Crippen LogP contribution in [0.4, 0.5) is 0 Å². The molecule has 0 radical (unpaired) electrons. The van der Waals surface area contributed by atoms with Crippen LogP contribution in [0, 0.1) is 11.3 Å². The van der Waals surface area contributed by atoms with Crippen LogP contribution in [0.1, 0.15) is 48.9 Å². The van der Waals surface area contributed by atoms with Crippen LogP contribution in [0.3, 0.4) is 0 Å². The Hall–Kier alpha value is -2.58. The topological polar surface area (TPSA) is 61.1 Å². The van der Waals surface area contributed by atoms with Gasteiger partial charge in [-0.2, -0.15) is 5.26 Å². The Kier molecular flexibility index (Phi) is 4.75. The molecule has 0 unspecified atom stereocenters. The molecule has 3 heterocycles. The quantitative estimate of drug-likeness (QED) is 0.909. The Bertz CT molecular complexity index is 856. The van der Waals surface area contributed by atoms with Crippen LogP contribution in [0.2, 0.25) is 0 Å². The van der Waals surface area contributed by atoms with Gasteiger partial charge < -0.3 is 9.88 Å². The number of carbonyl (C=O) groups excluding carboxylic acids is 1. The lowest BCUT2D eigenvalue weighted by Crippen LogP contribution is -2.50. The Balaban J connectivity index is 1.38. The van der Waals surface area contributed by atoms with Crippen LogP contribution in [0.25, 0.3) is 0 Å². The molecule has 1 aromatic carbocycles. The first kappa shape index (κ1) is 17.8. The van der Waals surface area contributed by atoms with Crippen molar-refractivity contribution in [2.24, 2.45) is 0 Å². The van der Waals surface area contributed by atoms with E-state index in [1.54, 1.807) is 0 Å². The van der Waals surface area contributed by atoms with E-state index in [1.165, 1.54) is 5.56 Å². The molecule has 4 rings (SSSR count). The van der Waals surface area contributed by atoms with Gasteiger partial charge in [0.15, 0.2) is 0 Å². The number of piperidine rings is 1. The van der Waals surface area contributed by atoms with Gasteiger partial charge in [0.1, 0.15) is 11.8 Å². The van der Waals surface area contributed by atoms with Gasteiger partial charge in [-0.1, -0.05) is 30.3 Å². The van der Waals surface area contributed by atoms with Crippen molar-refractivity contribution >= 4 is 5.91 Å². The smallest absolute Gasteiger partial charge is 0.228 e. The lowest BCUT2D eigenvalue weighted by molar-refractivity contribution is -0.121. The number of hydrogen-bond acceptors (Lipinski definition) is 3. The third kappa shape index (κ3) is 3.50. The number of aryl methyl sites for hydroxylation is 1. The number of benzene rings is 1. The van der Waals surface area contributed by atoms with Gasteiger partial charge in [0.05, 0.1) is 5.92 Å². The second-order valence-electron chi connectivity index (χ2n) is 7.84. The molecule has 2 fully saturated rings. The number of rotatable bonds is 4. The van der Waals surface area contributed by atoms with Crippen molar-refractivity contribution in [3.05, 3.63) is 59.4 Å². The van der Waals surface area contributed by atoms with Crippen LogP contribution in [0.5, 0.6) is 0 Å². The van der Waals surface area contributed by atoms with Crippen LogP contribution in [0.15, 0.2) is 42.6 Å². The van der Waals surface area contributed by atoms with Crippen molar-refractivity contribution in [2.45, 2.75) is 50.7 Å². The molecule has 1 atom stereocenters. The Morgan fingerprint density at radius 1 is 1.26 bits per heavy atom. The first-order valence-corrected chi connectivity index (χ1v) is 9.81. The van der Waals surface area contributed by atoms with Crippen molar-refractivity contribution < 1.29 is 4.79 Å². The molecule has 2 aliphatic heterocycles. The minimum Gasteiger partial charge on any atom is -0.350 e. The SMILES string of the molecule is CCn1cc(CN2CCC3(CC2)C[C@H](c2ccccc2)C(=O)N3)cc1C#N. The number of likely N-dealkylation sites (tertiary alicyclic amines) is 1. The van der Waals surface area contributed by atoms with E-state index in [-0.39, 0.29) is 17.4 Å². The second-order valence-corrected chi connectivity index (χ2v) is 7.84. The summed E-state index contributed by atoms with van der Waals surface area (Å²) in [6, 6.07) is 14.4. The highest BCUT2D eigenvalue weighted by Gasteiger charge is 2.46. The van der Waals surface area contributed by atoms with E-state index in [1.807, 2.05) is 28.8 Å². The van der Waals surface area contributed by atoms with Gasteiger partial charge in [0.2, 0.25) is 5.91 Å². The standard InChI is InChI=1S/C22H26N4O/c1-2-26-16-17(12-19(26)14-23)15-25-10-8-22(9-11-25)13-20(21(27)24-22)18-6-4-3-5-7-18/h3-7,12,16,20H,2,8-11,13,15H2,1H3,(H,24,27)/t20-/m1/s1. The molecule has 2 saturated heterocycles. The summed E-state index contributed by atoms with van der Waals surface area (Å²) in [5, 5.41) is 12.5. The number of nitrogens with one attached hydrogen (secondary N) is 1. The largest absolute Gasteiger partial charge is 0.350 e. The molecule has 0 saturated carbocycles. The molecule has 27 heavy (non-hydrogen) atoms. The zero-order valence-corrected chi connectivity index (χ0v) is 15.8. The third-order valence-corrected chi connectivity index (χ3v) is 6.13. The van der Waals surface area contributed by atoms with Gasteiger partial charge in [-0.25, -0.2) is 0 Å². The van der Waals surface area contributed by atoms with E-state index in [2.05, 4.69) is 41.5 Å². The maximum absolute atomic E-state index is 12.6. The number of carbonyl (C=O) groups is 1. The fraction of sp³-hybridized carbons (Fsp3) is 0.455. The molecular formula is C22H26N4O. The van der Waals surface area contributed by atoms with Gasteiger partial charge in [-0.15, -0.1) is 0 Å². The van der Waals surface area contributed by atoms with Crippen LogP contribution < -0.4 is 5.32 Å². The summed E-state index contributed by atoms with van der Waals surface area (Å²) in [5.74, 6) is 0.155. The lowest BCUT2D eigenvalue weighted by Gasteiger charge is -2.39. The van der Waals surface area contributed by atoms with E-state index < -0.39 is 0 Å². The molecule has 5 nitrogen and oxygen atoms in total. The van der Waals surface area contributed by atoms with E-state index in [9.17, 15) is 10.1 Å². The van der Waals surface area contributed by atoms with Crippen LogP contribution in [-0.2, 0) is 17.9 Å². The fourth-order valence-corrected chi connectivity index (χ4v) is 4.57. The van der Waals surface area contributed by atoms with Crippen molar-refractivity contribution in [3.8, 4) is 6.07 Å². The monoisotopic (exact) mass is 362 g/mol. The molecule has 1 aromatic heterocycles. The Morgan fingerprint density at radius 2 is 2.00 bits per heavy atom. The summed E-state index contributed by atoms with van der Waals surface area (Å²) >= 11 is 0. The molecule has 1 amide bonds. The molecule has 0 aliphatic carbocycles. The minimum atomic E-state index is -0.0543. The number of nitriles is 1. The fourth-order valence-electron chi connectivity index (χ4n) is 4.57. The number of amides is 1. The van der Waals surface area contributed by atoms with E-state index in [4.69, 9.17) is 0 Å². The summed E-state index contributed by atoms with van der Waals surface area (Å²) in [7, 11) is 0. The molecule has 1 N–H and O–H groups in total. The maximum Gasteiger partial charge on any atom is 0.228 e. The molecule has 2 aromatic rings. The minimum absolute atomic E-state index is 0.0190. The average Bonchev–Trinajstić information content (AvgIpc) is 3.25. The molecule has 140 valence electrons. The zero-order valence-electron chi connectivity index (χ0n) is 15.8. The van der Waals surface area contributed by atoms with Crippen LogP contribution >= 0.6 is 0 Å². The first-order valence-electron chi connectivity index (χ1n) is 9.81. The average molecular weight is 362 g/mol. The van der Waals surface area contributed by atoms with Gasteiger partial charge >= 0.3 is 0 Å². The summed E-state index contributed by atoms with van der Waals surface area (Å²) in [4.78, 5) is 15.0. The normalized spacial score (nSPS) is 21.9. The van der Waals surface area contributed by atoms with Crippen molar-refractivity contribution in [1.82, 2.24) is 14.8 Å². The van der Waals surface area contributed by atoms with E-state index in [0.29, 0.717) is 0 Å².